The number of benzene rings is 3. The number of likely N-dealkylation sites (tertiary alicyclic amines) is 1. The Morgan fingerprint density at radius 2 is 1.42 bits per heavy atom. The first-order chi connectivity index (χ1) is 20.7. The molecule has 1 aliphatic rings. The number of Topliss-reactive ketones (excluding diaryl/α,β-unsaturated/α-hetero) is 1. The molecule has 1 aliphatic heterocycles. The van der Waals surface area contributed by atoms with E-state index in [9.17, 15) is 24.0 Å². The minimum absolute atomic E-state index is 0.0460. The topological polar surface area (TPSA) is 134 Å². The van der Waals surface area contributed by atoms with Crippen LogP contribution in [-0.2, 0) is 43.5 Å². The average molecular weight is 585 g/mol. The zero-order valence-electron chi connectivity index (χ0n) is 24.2. The molecule has 3 aromatic rings. The summed E-state index contributed by atoms with van der Waals surface area (Å²) in [5, 5.41) is 7.83. The van der Waals surface area contributed by atoms with Crippen LogP contribution in [0, 0.1) is 0 Å². The minimum Gasteiger partial charge on any atom is -0.445 e. The molecule has 4 atom stereocenters. The molecule has 1 heterocycles. The summed E-state index contributed by atoms with van der Waals surface area (Å²) in [7, 11) is 0. The van der Waals surface area contributed by atoms with Crippen LogP contribution in [-0.4, -0.2) is 58.7 Å². The number of carbonyl (C=O) groups excluding carboxylic acids is 5. The third-order valence-corrected chi connectivity index (χ3v) is 7.29. The number of alkyl carbamates (subject to hydrolysis) is 1. The summed E-state index contributed by atoms with van der Waals surface area (Å²) in [5.41, 5.74) is 2.42. The van der Waals surface area contributed by atoms with Gasteiger partial charge in [0, 0.05) is 19.0 Å². The lowest BCUT2D eigenvalue weighted by atomic mass is 9.99. The number of amides is 4. The van der Waals surface area contributed by atoms with Gasteiger partial charge in [0.2, 0.25) is 17.6 Å². The van der Waals surface area contributed by atoms with Gasteiger partial charge in [-0.2, -0.15) is 0 Å². The van der Waals surface area contributed by atoms with Gasteiger partial charge in [0.25, 0.3) is 5.91 Å². The number of ketones is 1. The molecule has 4 amide bonds. The fourth-order valence-electron chi connectivity index (χ4n) is 5.01. The highest BCUT2D eigenvalue weighted by atomic mass is 16.5. The number of rotatable bonds is 12. The quantitative estimate of drug-likeness (QED) is 0.281. The number of carbonyl (C=O) groups is 5. The van der Waals surface area contributed by atoms with Crippen LogP contribution in [0.25, 0.3) is 0 Å². The molecule has 4 rings (SSSR count). The summed E-state index contributed by atoms with van der Waals surface area (Å²) >= 11 is 0. The number of hydrogen-bond acceptors (Lipinski definition) is 6. The molecule has 1 saturated heterocycles. The summed E-state index contributed by atoms with van der Waals surface area (Å²) in [5.74, 6) is -2.56. The van der Waals surface area contributed by atoms with Crippen molar-refractivity contribution in [2.24, 2.45) is 0 Å². The van der Waals surface area contributed by atoms with Crippen LogP contribution in [0.3, 0.4) is 0 Å². The van der Waals surface area contributed by atoms with Crippen LogP contribution in [0.1, 0.15) is 37.0 Å². The second kappa shape index (κ2) is 14.8. The summed E-state index contributed by atoms with van der Waals surface area (Å²) in [6.45, 7) is 3.48. The van der Waals surface area contributed by atoms with E-state index in [0.717, 1.165) is 16.7 Å². The van der Waals surface area contributed by atoms with E-state index in [4.69, 9.17) is 4.74 Å². The van der Waals surface area contributed by atoms with Gasteiger partial charge < -0.3 is 25.6 Å². The molecule has 1 unspecified atom stereocenters. The number of hydrogen-bond donors (Lipinski definition) is 3. The summed E-state index contributed by atoms with van der Waals surface area (Å²) < 4.78 is 5.18. The summed E-state index contributed by atoms with van der Waals surface area (Å²) in [6.07, 6.45) is -0.394. The van der Waals surface area contributed by atoms with Crippen LogP contribution in [0.4, 0.5) is 4.79 Å². The van der Waals surface area contributed by atoms with Crippen molar-refractivity contribution in [2.45, 2.75) is 64.0 Å². The SMILES string of the molecule is CC1C[C@H](NC(=O)[C@H](C)NC(=O)OCc2ccccc2)C(=O)N1[C@@H](Cc1ccccc1)C(=O)C(=O)NCc1ccccc1. The molecular formula is C33H36N4O6. The maximum atomic E-state index is 13.6. The molecule has 0 aliphatic carbocycles. The second-order valence-electron chi connectivity index (χ2n) is 10.6. The fourth-order valence-corrected chi connectivity index (χ4v) is 5.01. The number of ether oxygens (including phenoxy) is 1. The van der Waals surface area contributed by atoms with Gasteiger partial charge >= 0.3 is 6.09 Å². The Kier molecular flexibility index (Phi) is 10.6. The van der Waals surface area contributed by atoms with E-state index in [1.807, 2.05) is 91.0 Å². The summed E-state index contributed by atoms with van der Waals surface area (Å²) in [4.78, 5) is 66.6. The molecule has 3 aromatic carbocycles. The smallest absolute Gasteiger partial charge is 0.408 e. The van der Waals surface area contributed by atoms with Gasteiger partial charge in [0.05, 0.1) is 0 Å². The molecule has 10 heteroatoms. The lowest BCUT2D eigenvalue weighted by Gasteiger charge is -2.30. The van der Waals surface area contributed by atoms with Crippen molar-refractivity contribution in [3.8, 4) is 0 Å². The first-order valence-corrected chi connectivity index (χ1v) is 14.2. The first-order valence-electron chi connectivity index (χ1n) is 14.2. The minimum atomic E-state index is -1.06. The molecular weight excluding hydrogens is 548 g/mol. The first kappa shape index (κ1) is 31.0. The van der Waals surface area contributed by atoms with Crippen molar-refractivity contribution < 1.29 is 28.7 Å². The summed E-state index contributed by atoms with van der Waals surface area (Å²) in [6, 6.07) is 24.1. The van der Waals surface area contributed by atoms with Gasteiger partial charge in [-0.25, -0.2) is 4.79 Å². The lowest BCUT2D eigenvalue weighted by Crippen LogP contribution is -2.54. The third-order valence-electron chi connectivity index (χ3n) is 7.29. The average Bonchev–Trinajstić information content (AvgIpc) is 3.30. The zero-order valence-corrected chi connectivity index (χ0v) is 24.2. The van der Waals surface area contributed by atoms with E-state index < -0.39 is 53.8 Å². The lowest BCUT2D eigenvalue weighted by molar-refractivity contribution is -0.145. The van der Waals surface area contributed by atoms with Crippen molar-refractivity contribution in [3.63, 3.8) is 0 Å². The van der Waals surface area contributed by atoms with Crippen LogP contribution >= 0.6 is 0 Å². The highest BCUT2D eigenvalue weighted by molar-refractivity contribution is 6.38. The Morgan fingerprint density at radius 3 is 2.02 bits per heavy atom. The second-order valence-corrected chi connectivity index (χ2v) is 10.6. The molecule has 3 N–H and O–H groups in total. The molecule has 0 bridgehead atoms. The highest BCUT2D eigenvalue weighted by Crippen LogP contribution is 2.25. The van der Waals surface area contributed by atoms with E-state index in [2.05, 4.69) is 16.0 Å². The predicted octanol–water partition coefficient (Wildman–Crippen LogP) is 2.90. The molecule has 1 fully saturated rings. The molecule has 10 nitrogen and oxygen atoms in total. The largest absolute Gasteiger partial charge is 0.445 e. The van der Waals surface area contributed by atoms with Crippen LogP contribution in [0.5, 0.6) is 0 Å². The molecule has 0 radical (unpaired) electrons. The van der Waals surface area contributed by atoms with Crippen molar-refractivity contribution in [1.82, 2.24) is 20.9 Å². The van der Waals surface area contributed by atoms with Gasteiger partial charge in [-0.3, -0.25) is 19.2 Å². The van der Waals surface area contributed by atoms with Crippen molar-refractivity contribution in [2.75, 3.05) is 0 Å². The normalized spacial score (nSPS) is 17.4. The zero-order chi connectivity index (χ0) is 30.8. The maximum absolute atomic E-state index is 13.6. The van der Waals surface area contributed by atoms with Crippen molar-refractivity contribution in [1.29, 1.82) is 0 Å². The molecule has 0 saturated carbocycles. The van der Waals surface area contributed by atoms with Gasteiger partial charge in [-0.1, -0.05) is 91.0 Å². The molecule has 224 valence electrons. The third kappa shape index (κ3) is 8.51. The van der Waals surface area contributed by atoms with Gasteiger partial charge in [0.1, 0.15) is 24.7 Å². The van der Waals surface area contributed by atoms with E-state index >= 15 is 0 Å². The van der Waals surface area contributed by atoms with Crippen LogP contribution in [0.15, 0.2) is 91.0 Å². The van der Waals surface area contributed by atoms with Crippen molar-refractivity contribution >= 4 is 29.6 Å². The number of nitrogens with one attached hydrogen (secondary N) is 3. The van der Waals surface area contributed by atoms with Crippen molar-refractivity contribution in [3.05, 3.63) is 108 Å². The van der Waals surface area contributed by atoms with E-state index in [0.29, 0.717) is 0 Å². The fraction of sp³-hybridized carbons (Fsp3) is 0.303. The Hall–Kier alpha value is -4.99. The van der Waals surface area contributed by atoms with Gasteiger partial charge in [-0.05, 0) is 37.0 Å². The van der Waals surface area contributed by atoms with Gasteiger partial charge in [-0.15, -0.1) is 0 Å². The standard InChI is InChI=1S/C33H36N4O6/c1-22-18-27(36-30(39)23(2)35-33(42)43-21-26-16-10-5-11-17-26)32(41)37(22)28(19-24-12-6-3-7-13-24)29(38)31(40)34-20-25-14-8-4-9-15-25/h3-17,22-23,27-28H,18-21H2,1-2H3,(H,34,40)(H,35,42)(H,36,39)/t22?,23-,27-,28-/m0/s1. The van der Waals surface area contributed by atoms with E-state index in [-0.39, 0.29) is 26.0 Å². The van der Waals surface area contributed by atoms with Gasteiger partial charge in [0.15, 0.2) is 0 Å². The molecule has 0 spiro atoms. The van der Waals surface area contributed by atoms with Crippen LogP contribution < -0.4 is 16.0 Å². The monoisotopic (exact) mass is 584 g/mol. The molecule has 43 heavy (non-hydrogen) atoms. The highest BCUT2D eigenvalue weighted by Gasteiger charge is 2.45. The maximum Gasteiger partial charge on any atom is 0.408 e. The Bertz CT molecular complexity index is 1420. The van der Waals surface area contributed by atoms with E-state index in [1.165, 1.54) is 11.8 Å². The number of nitrogens with zero attached hydrogens (tertiary/aromatic N) is 1. The Morgan fingerprint density at radius 1 is 0.860 bits per heavy atom. The van der Waals surface area contributed by atoms with E-state index in [1.54, 1.807) is 6.92 Å². The predicted molar refractivity (Wildman–Crippen MR) is 159 cm³/mol. The molecule has 0 aromatic heterocycles. The Labute approximate surface area is 250 Å². The van der Waals surface area contributed by atoms with Crippen LogP contribution in [0.2, 0.25) is 0 Å². The Balaban J connectivity index is 1.39.